The number of carbonyl (C=O) groups excluding carboxylic acids is 1. The van der Waals surface area contributed by atoms with E-state index in [9.17, 15) is 4.79 Å². The maximum absolute atomic E-state index is 11.8. The lowest BCUT2D eigenvalue weighted by atomic mass is 10.1. The summed E-state index contributed by atoms with van der Waals surface area (Å²) in [6.45, 7) is 3.28. The van der Waals surface area contributed by atoms with Crippen LogP contribution in [0.25, 0.3) is 0 Å². The van der Waals surface area contributed by atoms with Gasteiger partial charge in [-0.1, -0.05) is 39.7 Å². The van der Waals surface area contributed by atoms with Crippen LogP contribution in [-0.2, 0) is 11.2 Å². The Bertz CT molecular complexity index is 676. The Morgan fingerprint density at radius 1 is 1.17 bits per heavy atom. The molecule has 5 heteroatoms. The first-order valence-electron chi connectivity index (χ1n) is 7.56. The van der Waals surface area contributed by atoms with Gasteiger partial charge in [-0.3, -0.25) is 4.79 Å². The van der Waals surface area contributed by atoms with Crippen LogP contribution in [-0.4, -0.2) is 19.0 Å². The molecular formula is C18H20BrClN2O. The van der Waals surface area contributed by atoms with E-state index in [4.69, 9.17) is 11.6 Å². The average Bonchev–Trinajstić information content (AvgIpc) is 2.51. The van der Waals surface area contributed by atoms with E-state index >= 15 is 0 Å². The predicted octanol–water partition coefficient (Wildman–Crippen LogP) is 4.57. The summed E-state index contributed by atoms with van der Waals surface area (Å²) in [6, 6.07) is 13.8. The summed E-state index contributed by atoms with van der Waals surface area (Å²) < 4.78 is 1.09. The van der Waals surface area contributed by atoms with Crippen LogP contribution in [0.4, 0.5) is 5.69 Å². The average molecular weight is 396 g/mol. The molecule has 2 rings (SSSR count). The van der Waals surface area contributed by atoms with Gasteiger partial charge in [0.25, 0.3) is 0 Å². The number of aryl methyl sites for hydroxylation is 1. The SMILES string of the molecule is Cc1cc(NCCC(=O)NCCc2cccc(Cl)c2)ccc1Br. The molecule has 0 aliphatic carbocycles. The lowest BCUT2D eigenvalue weighted by molar-refractivity contribution is -0.120. The Morgan fingerprint density at radius 2 is 2.00 bits per heavy atom. The van der Waals surface area contributed by atoms with Gasteiger partial charge in [0.15, 0.2) is 0 Å². The molecule has 0 radical (unpaired) electrons. The zero-order valence-corrected chi connectivity index (χ0v) is 15.4. The molecule has 0 spiro atoms. The van der Waals surface area contributed by atoms with Crippen molar-refractivity contribution in [1.29, 1.82) is 0 Å². The predicted molar refractivity (Wildman–Crippen MR) is 100 cm³/mol. The summed E-state index contributed by atoms with van der Waals surface area (Å²) >= 11 is 9.41. The molecule has 3 nitrogen and oxygen atoms in total. The van der Waals surface area contributed by atoms with Crippen molar-refractivity contribution in [3.63, 3.8) is 0 Å². The highest BCUT2D eigenvalue weighted by Gasteiger charge is 2.02. The molecule has 0 unspecified atom stereocenters. The fourth-order valence-electron chi connectivity index (χ4n) is 2.20. The number of hydrogen-bond acceptors (Lipinski definition) is 2. The summed E-state index contributed by atoms with van der Waals surface area (Å²) in [5.74, 6) is 0.0494. The molecule has 0 heterocycles. The van der Waals surface area contributed by atoms with E-state index in [1.54, 1.807) is 0 Å². The molecule has 2 N–H and O–H groups in total. The van der Waals surface area contributed by atoms with E-state index in [2.05, 4.69) is 32.6 Å². The summed E-state index contributed by atoms with van der Waals surface area (Å²) in [6.07, 6.45) is 1.23. The second-order valence-electron chi connectivity index (χ2n) is 5.37. The lowest BCUT2D eigenvalue weighted by Crippen LogP contribution is -2.27. The highest BCUT2D eigenvalue weighted by molar-refractivity contribution is 9.10. The van der Waals surface area contributed by atoms with E-state index in [-0.39, 0.29) is 5.91 Å². The molecule has 2 aromatic rings. The summed E-state index contributed by atoms with van der Waals surface area (Å²) in [4.78, 5) is 11.8. The smallest absolute Gasteiger partial charge is 0.221 e. The highest BCUT2D eigenvalue weighted by Crippen LogP contribution is 2.19. The van der Waals surface area contributed by atoms with E-state index in [1.165, 1.54) is 5.56 Å². The molecule has 0 aromatic heterocycles. The zero-order valence-electron chi connectivity index (χ0n) is 13.0. The Kier molecular flexibility index (Phi) is 6.93. The number of nitrogens with one attached hydrogen (secondary N) is 2. The number of rotatable bonds is 7. The van der Waals surface area contributed by atoms with Crippen LogP contribution >= 0.6 is 27.5 Å². The van der Waals surface area contributed by atoms with Crippen molar-refractivity contribution < 1.29 is 4.79 Å². The first kappa shape index (κ1) is 17.8. The van der Waals surface area contributed by atoms with Crippen molar-refractivity contribution in [3.8, 4) is 0 Å². The van der Waals surface area contributed by atoms with Crippen molar-refractivity contribution >= 4 is 39.1 Å². The largest absolute Gasteiger partial charge is 0.385 e. The third-order valence-corrected chi connectivity index (χ3v) is 4.59. The van der Waals surface area contributed by atoms with Crippen LogP contribution in [0.1, 0.15) is 17.5 Å². The van der Waals surface area contributed by atoms with Crippen LogP contribution in [0.15, 0.2) is 46.9 Å². The van der Waals surface area contributed by atoms with Crippen LogP contribution < -0.4 is 10.6 Å². The van der Waals surface area contributed by atoms with E-state index in [0.29, 0.717) is 19.5 Å². The Balaban J connectivity index is 1.66. The van der Waals surface area contributed by atoms with Crippen molar-refractivity contribution in [3.05, 3.63) is 63.1 Å². The van der Waals surface area contributed by atoms with Gasteiger partial charge in [-0.15, -0.1) is 0 Å². The van der Waals surface area contributed by atoms with Crippen LogP contribution in [0.3, 0.4) is 0 Å². The topological polar surface area (TPSA) is 41.1 Å². The molecule has 0 atom stereocenters. The second-order valence-corrected chi connectivity index (χ2v) is 6.66. The quantitative estimate of drug-likeness (QED) is 0.721. The van der Waals surface area contributed by atoms with Crippen molar-refractivity contribution in [2.24, 2.45) is 0 Å². The van der Waals surface area contributed by atoms with Gasteiger partial charge in [0.1, 0.15) is 0 Å². The maximum atomic E-state index is 11.8. The zero-order chi connectivity index (χ0) is 16.7. The Hall–Kier alpha value is -1.52. The molecule has 1 amide bonds. The van der Waals surface area contributed by atoms with Gasteiger partial charge in [-0.2, -0.15) is 0 Å². The van der Waals surface area contributed by atoms with Crippen molar-refractivity contribution in [2.45, 2.75) is 19.8 Å². The van der Waals surface area contributed by atoms with Gasteiger partial charge in [0.2, 0.25) is 5.91 Å². The van der Waals surface area contributed by atoms with Gasteiger partial charge in [0, 0.05) is 34.7 Å². The molecule has 23 heavy (non-hydrogen) atoms. The minimum atomic E-state index is 0.0494. The van der Waals surface area contributed by atoms with Gasteiger partial charge in [-0.05, 0) is 54.8 Å². The number of anilines is 1. The fourth-order valence-corrected chi connectivity index (χ4v) is 2.66. The molecule has 122 valence electrons. The number of carbonyl (C=O) groups is 1. The molecule has 0 aliphatic rings. The minimum absolute atomic E-state index is 0.0494. The minimum Gasteiger partial charge on any atom is -0.385 e. The third kappa shape index (κ3) is 6.24. The third-order valence-electron chi connectivity index (χ3n) is 3.46. The van der Waals surface area contributed by atoms with Crippen LogP contribution in [0.5, 0.6) is 0 Å². The van der Waals surface area contributed by atoms with Crippen LogP contribution in [0.2, 0.25) is 5.02 Å². The molecule has 0 bridgehead atoms. The summed E-state index contributed by atoms with van der Waals surface area (Å²) in [7, 11) is 0. The molecular weight excluding hydrogens is 376 g/mol. The van der Waals surface area contributed by atoms with Gasteiger partial charge < -0.3 is 10.6 Å². The van der Waals surface area contributed by atoms with Gasteiger partial charge in [-0.25, -0.2) is 0 Å². The van der Waals surface area contributed by atoms with Crippen molar-refractivity contribution in [1.82, 2.24) is 5.32 Å². The molecule has 0 saturated heterocycles. The fraction of sp³-hybridized carbons (Fsp3) is 0.278. The maximum Gasteiger partial charge on any atom is 0.221 e. The normalized spacial score (nSPS) is 10.4. The summed E-state index contributed by atoms with van der Waals surface area (Å²) in [5, 5.41) is 6.91. The molecule has 0 fully saturated rings. The van der Waals surface area contributed by atoms with Gasteiger partial charge in [0.05, 0.1) is 0 Å². The number of hydrogen-bond donors (Lipinski definition) is 2. The van der Waals surface area contributed by atoms with Crippen LogP contribution in [0, 0.1) is 6.92 Å². The number of amides is 1. The monoisotopic (exact) mass is 394 g/mol. The Morgan fingerprint density at radius 3 is 2.74 bits per heavy atom. The standard InChI is InChI=1S/C18H20BrClN2O/c1-13-11-16(5-6-17(13)19)21-10-8-18(23)22-9-7-14-3-2-4-15(20)12-14/h2-6,11-12,21H,7-10H2,1H3,(H,22,23). The molecule has 0 saturated carbocycles. The van der Waals surface area contributed by atoms with E-state index in [0.717, 1.165) is 27.2 Å². The Labute approximate surface area is 150 Å². The number of halogens is 2. The van der Waals surface area contributed by atoms with Crippen molar-refractivity contribution in [2.75, 3.05) is 18.4 Å². The highest BCUT2D eigenvalue weighted by atomic mass is 79.9. The first-order chi connectivity index (χ1) is 11.0. The molecule has 0 aliphatic heterocycles. The van der Waals surface area contributed by atoms with Gasteiger partial charge >= 0.3 is 0 Å². The number of benzene rings is 2. The van der Waals surface area contributed by atoms with E-state index < -0.39 is 0 Å². The first-order valence-corrected chi connectivity index (χ1v) is 8.73. The lowest BCUT2D eigenvalue weighted by Gasteiger charge is -2.09. The molecule has 2 aromatic carbocycles. The summed E-state index contributed by atoms with van der Waals surface area (Å²) in [5.41, 5.74) is 3.32. The van der Waals surface area contributed by atoms with E-state index in [1.807, 2.05) is 43.3 Å². The second kappa shape index (κ2) is 8.94.